The monoisotopic (exact) mass is 235 g/mol. The van der Waals surface area contributed by atoms with Gasteiger partial charge in [-0.15, -0.1) is 24.2 Å². The van der Waals surface area contributed by atoms with E-state index in [2.05, 4.69) is 11.8 Å². The molecule has 4 saturated heterocycles. The van der Waals surface area contributed by atoms with Gasteiger partial charge in [0.25, 0.3) is 0 Å². The van der Waals surface area contributed by atoms with Crippen LogP contribution in [0.1, 0.15) is 19.8 Å². The lowest BCUT2D eigenvalue weighted by Gasteiger charge is -2.50. The standard InChI is InChI=1S/C10H17NOS.ClH/c1-8-12-10(7-13-8)6-11-4-2-9(10)3-5-11;/h8-9H,2-7H2,1H3;1H/t8-,10+;/m1./s1. The van der Waals surface area contributed by atoms with Crippen LogP contribution in [-0.4, -0.2) is 41.3 Å². The molecule has 0 aromatic carbocycles. The van der Waals surface area contributed by atoms with Crippen molar-refractivity contribution in [1.29, 1.82) is 0 Å². The Balaban J connectivity index is 0.000000750. The highest BCUT2D eigenvalue weighted by Gasteiger charge is 2.51. The first kappa shape index (κ1) is 11.1. The van der Waals surface area contributed by atoms with Crippen molar-refractivity contribution in [2.45, 2.75) is 30.8 Å². The average molecular weight is 236 g/mol. The van der Waals surface area contributed by atoms with E-state index in [-0.39, 0.29) is 18.0 Å². The van der Waals surface area contributed by atoms with Crippen molar-refractivity contribution in [1.82, 2.24) is 4.90 Å². The van der Waals surface area contributed by atoms with Gasteiger partial charge in [0.1, 0.15) is 5.44 Å². The molecule has 4 aliphatic heterocycles. The minimum atomic E-state index is 0. The van der Waals surface area contributed by atoms with E-state index in [0.717, 1.165) is 5.92 Å². The summed E-state index contributed by atoms with van der Waals surface area (Å²) in [5.74, 6) is 2.09. The van der Waals surface area contributed by atoms with E-state index >= 15 is 0 Å². The maximum Gasteiger partial charge on any atom is 0.101 e. The Kier molecular flexibility index (Phi) is 3.04. The quantitative estimate of drug-likeness (QED) is 0.637. The lowest BCUT2D eigenvalue weighted by molar-refractivity contribution is -0.133. The molecule has 2 bridgehead atoms. The summed E-state index contributed by atoms with van der Waals surface area (Å²) < 4.78 is 6.14. The Morgan fingerprint density at radius 2 is 2.07 bits per heavy atom. The molecular formula is C10H18ClNOS. The van der Waals surface area contributed by atoms with Crippen molar-refractivity contribution in [3.8, 4) is 0 Å². The molecule has 0 aliphatic carbocycles. The Morgan fingerprint density at radius 1 is 1.36 bits per heavy atom. The summed E-state index contributed by atoms with van der Waals surface area (Å²) in [6.07, 6.45) is 2.74. The molecule has 0 saturated carbocycles. The minimum Gasteiger partial charge on any atom is -0.359 e. The molecule has 0 aromatic heterocycles. The van der Waals surface area contributed by atoms with Crippen molar-refractivity contribution in [3.63, 3.8) is 0 Å². The number of halogens is 1. The maximum absolute atomic E-state index is 6.14. The first-order chi connectivity index (χ1) is 6.28. The number of ether oxygens (including phenoxy) is 1. The smallest absolute Gasteiger partial charge is 0.101 e. The highest BCUT2D eigenvalue weighted by molar-refractivity contribution is 8.00. The van der Waals surface area contributed by atoms with Gasteiger partial charge in [0.2, 0.25) is 0 Å². The summed E-state index contributed by atoms with van der Waals surface area (Å²) in [6, 6.07) is 0. The molecule has 4 heteroatoms. The molecule has 0 amide bonds. The number of rotatable bonds is 0. The fourth-order valence-electron chi connectivity index (χ4n) is 3.08. The third-order valence-electron chi connectivity index (χ3n) is 3.79. The van der Waals surface area contributed by atoms with Gasteiger partial charge in [0, 0.05) is 12.3 Å². The number of piperidine rings is 3. The summed E-state index contributed by atoms with van der Waals surface area (Å²) in [6.45, 7) is 6.02. The van der Waals surface area contributed by atoms with Gasteiger partial charge in [0.05, 0.1) is 5.60 Å². The molecule has 4 heterocycles. The Morgan fingerprint density at radius 3 is 2.50 bits per heavy atom. The van der Waals surface area contributed by atoms with E-state index in [0.29, 0.717) is 5.44 Å². The number of fused-ring (bicyclic) bond motifs is 2. The molecule has 4 fully saturated rings. The highest BCUT2D eigenvalue weighted by atomic mass is 35.5. The molecule has 2 nitrogen and oxygen atoms in total. The largest absolute Gasteiger partial charge is 0.359 e. The molecule has 2 atom stereocenters. The van der Waals surface area contributed by atoms with Crippen LogP contribution in [0.25, 0.3) is 0 Å². The van der Waals surface area contributed by atoms with Gasteiger partial charge in [-0.1, -0.05) is 0 Å². The van der Waals surface area contributed by atoms with Crippen molar-refractivity contribution in [2.75, 3.05) is 25.4 Å². The van der Waals surface area contributed by atoms with Gasteiger partial charge in [-0.05, 0) is 38.8 Å². The van der Waals surface area contributed by atoms with Crippen LogP contribution >= 0.6 is 24.2 Å². The summed E-state index contributed by atoms with van der Waals surface area (Å²) in [7, 11) is 0. The van der Waals surface area contributed by atoms with Gasteiger partial charge in [-0.2, -0.15) is 0 Å². The van der Waals surface area contributed by atoms with Crippen molar-refractivity contribution in [3.05, 3.63) is 0 Å². The number of nitrogens with zero attached hydrogens (tertiary/aromatic N) is 1. The normalized spacial score (nSPS) is 50.8. The van der Waals surface area contributed by atoms with Crippen LogP contribution in [0.2, 0.25) is 0 Å². The van der Waals surface area contributed by atoms with Crippen LogP contribution in [0.5, 0.6) is 0 Å². The molecule has 1 spiro atoms. The SMILES string of the molecule is C[C@@H]1O[C@]2(CS1)CN1CCC2CC1.Cl. The van der Waals surface area contributed by atoms with Crippen LogP contribution < -0.4 is 0 Å². The van der Waals surface area contributed by atoms with Crippen molar-refractivity contribution >= 4 is 24.2 Å². The van der Waals surface area contributed by atoms with E-state index in [1.54, 1.807) is 0 Å². The summed E-state index contributed by atoms with van der Waals surface area (Å²) in [5.41, 5.74) is 0.682. The van der Waals surface area contributed by atoms with Gasteiger partial charge in [-0.25, -0.2) is 0 Å². The third kappa shape index (κ3) is 1.58. The molecule has 0 aromatic rings. The fourth-order valence-corrected chi connectivity index (χ4v) is 4.25. The van der Waals surface area contributed by atoms with E-state index < -0.39 is 0 Å². The molecule has 4 rings (SSSR count). The number of hydrogen-bond acceptors (Lipinski definition) is 3. The van der Waals surface area contributed by atoms with E-state index in [9.17, 15) is 0 Å². The first-order valence-corrected chi connectivity index (χ1v) is 6.35. The molecule has 4 aliphatic rings. The fraction of sp³-hybridized carbons (Fsp3) is 1.00. The predicted molar refractivity (Wildman–Crippen MR) is 62.1 cm³/mol. The molecule has 0 radical (unpaired) electrons. The second-order valence-electron chi connectivity index (χ2n) is 4.61. The molecular weight excluding hydrogens is 218 g/mol. The second kappa shape index (κ2) is 3.85. The Labute approximate surface area is 96.2 Å². The second-order valence-corrected chi connectivity index (χ2v) is 5.90. The lowest BCUT2D eigenvalue weighted by Crippen LogP contribution is -2.60. The molecule has 14 heavy (non-hydrogen) atoms. The summed E-state index contributed by atoms with van der Waals surface area (Å²) in [5, 5.41) is 0. The zero-order valence-corrected chi connectivity index (χ0v) is 10.2. The van der Waals surface area contributed by atoms with Gasteiger partial charge in [0.15, 0.2) is 0 Å². The maximum atomic E-state index is 6.14. The van der Waals surface area contributed by atoms with Crippen molar-refractivity contribution in [2.24, 2.45) is 5.92 Å². The van der Waals surface area contributed by atoms with Crippen LogP contribution in [0.3, 0.4) is 0 Å². The Bertz CT molecular complexity index is 220. The molecule has 82 valence electrons. The molecule has 0 unspecified atom stereocenters. The number of hydrogen-bond donors (Lipinski definition) is 0. The zero-order chi connectivity index (χ0) is 8.89. The topological polar surface area (TPSA) is 12.5 Å². The zero-order valence-electron chi connectivity index (χ0n) is 8.57. The van der Waals surface area contributed by atoms with Gasteiger partial charge >= 0.3 is 0 Å². The van der Waals surface area contributed by atoms with E-state index in [4.69, 9.17) is 4.74 Å². The van der Waals surface area contributed by atoms with Crippen LogP contribution in [0.4, 0.5) is 0 Å². The summed E-state index contributed by atoms with van der Waals surface area (Å²) in [4.78, 5) is 2.58. The van der Waals surface area contributed by atoms with Crippen LogP contribution in [0.15, 0.2) is 0 Å². The minimum absolute atomic E-state index is 0. The average Bonchev–Trinajstić information content (AvgIpc) is 2.49. The van der Waals surface area contributed by atoms with Crippen LogP contribution in [0, 0.1) is 5.92 Å². The first-order valence-electron chi connectivity index (χ1n) is 5.30. The predicted octanol–water partition coefficient (Wildman–Crippen LogP) is 1.98. The summed E-state index contributed by atoms with van der Waals surface area (Å²) >= 11 is 1.99. The number of thioether (sulfide) groups is 1. The lowest BCUT2D eigenvalue weighted by atomic mass is 9.76. The van der Waals surface area contributed by atoms with Gasteiger partial charge in [-0.3, -0.25) is 0 Å². The van der Waals surface area contributed by atoms with E-state index in [1.807, 2.05) is 11.8 Å². The molecule has 0 N–H and O–H groups in total. The Hall–Kier alpha value is 0.560. The third-order valence-corrected chi connectivity index (χ3v) is 5.01. The van der Waals surface area contributed by atoms with Crippen molar-refractivity contribution < 1.29 is 4.74 Å². The van der Waals surface area contributed by atoms with Crippen LogP contribution in [-0.2, 0) is 4.74 Å². The van der Waals surface area contributed by atoms with E-state index in [1.165, 1.54) is 38.2 Å². The van der Waals surface area contributed by atoms with Gasteiger partial charge < -0.3 is 9.64 Å². The highest BCUT2D eigenvalue weighted by Crippen LogP contribution is 2.46.